The van der Waals surface area contributed by atoms with Crippen LogP contribution in [0.4, 0.5) is 0 Å². The molecule has 0 heterocycles. The molecule has 1 aromatic rings. The molecule has 0 saturated carbocycles. The van der Waals surface area contributed by atoms with Gasteiger partial charge in [0.1, 0.15) is 5.75 Å². The first kappa shape index (κ1) is 11.3. The van der Waals surface area contributed by atoms with Crippen molar-refractivity contribution in [1.82, 2.24) is 0 Å². The molecule has 0 aliphatic rings. The van der Waals surface area contributed by atoms with Crippen molar-refractivity contribution in [3.05, 3.63) is 24.3 Å². The van der Waals surface area contributed by atoms with Gasteiger partial charge in [0.25, 0.3) is 0 Å². The van der Waals surface area contributed by atoms with Crippen molar-refractivity contribution in [2.45, 2.75) is 8.02 Å². The first-order valence-electron chi connectivity index (χ1n) is 3.19. The molecule has 0 saturated heterocycles. The Bertz CT molecular complexity index is 283. The fourth-order valence-corrected chi connectivity index (χ4v) is 2.16. The zero-order chi connectivity index (χ0) is 10.1. The standard InChI is InChI=1S/C7H5Cl3O2S/c8-7(9,10)13(12)6-3-1-5(11)2-4-6/h1-4,11H. The van der Waals surface area contributed by atoms with Crippen LogP contribution in [-0.2, 0) is 11.2 Å². The molecule has 72 valence electrons. The van der Waals surface area contributed by atoms with Gasteiger partial charge in [0.2, 0.25) is 0 Å². The lowest BCUT2D eigenvalue weighted by Crippen LogP contribution is -2.19. The average molecular weight is 260 g/mol. The van der Waals surface area contributed by atoms with E-state index in [1.807, 2.05) is 0 Å². The normalized spacial score (nSPS) is 14.2. The number of hydrogen-bond acceptors (Lipinski definition) is 2. The maximum Gasteiger partial charge on any atom is 0.355 e. The van der Waals surface area contributed by atoms with Gasteiger partial charge in [-0.05, 0) is 59.1 Å². The molecular formula is C7H5Cl3O2S. The predicted molar refractivity (Wildman–Crippen MR) is 54.8 cm³/mol. The second-order valence-corrected chi connectivity index (χ2v) is 6.78. The largest absolute Gasteiger partial charge is 0.608 e. The van der Waals surface area contributed by atoms with Crippen molar-refractivity contribution in [2.75, 3.05) is 0 Å². The lowest BCUT2D eigenvalue weighted by Gasteiger charge is -2.16. The first-order valence-corrected chi connectivity index (χ1v) is 5.47. The Labute approximate surface area is 93.6 Å². The zero-order valence-electron chi connectivity index (χ0n) is 6.21. The van der Waals surface area contributed by atoms with E-state index < -0.39 is 14.3 Å². The van der Waals surface area contributed by atoms with Gasteiger partial charge < -0.3 is 9.66 Å². The van der Waals surface area contributed by atoms with E-state index >= 15 is 0 Å². The van der Waals surface area contributed by atoms with Crippen molar-refractivity contribution in [1.29, 1.82) is 0 Å². The van der Waals surface area contributed by atoms with E-state index in [1.54, 1.807) is 0 Å². The van der Waals surface area contributed by atoms with Crippen molar-refractivity contribution < 1.29 is 9.66 Å². The monoisotopic (exact) mass is 258 g/mol. The summed E-state index contributed by atoms with van der Waals surface area (Å²) < 4.78 is 9.57. The molecule has 0 aromatic heterocycles. The van der Waals surface area contributed by atoms with E-state index in [9.17, 15) is 4.55 Å². The van der Waals surface area contributed by atoms with Crippen LogP contribution in [-0.4, -0.2) is 12.8 Å². The number of phenols is 1. The minimum absolute atomic E-state index is 0.0741. The number of rotatable bonds is 1. The second-order valence-electron chi connectivity index (χ2n) is 2.21. The summed E-state index contributed by atoms with van der Waals surface area (Å²) in [5.74, 6) is 0.0741. The molecule has 13 heavy (non-hydrogen) atoms. The maximum absolute atomic E-state index is 11.4. The van der Waals surface area contributed by atoms with E-state index in [0.29, 0.717) is 4.90 Å². The lowest BCUT2D eigenvalue weighted by molar-refractivity contribution is 0.474. The van der Waals surface area contributed by atoms with Crippen molar-refractivity contribution >= 4 is 46.0 Å². The van der Waals surface area contributed by atoms with E-state index in [2.05, 4.69) is 0 Å². The summed E-state index contributed by atoms with van der Waals surface area (Å²) in [7, 11) is 0. The Morgan fingerprint density at radius 2 is 1.62 bits per heavy atom. The molecule has 1 aromatic carbocycles. The fraction of sp³-hybridized carbons (Fsp3) is 0.143. The van der Waals surface area contributed by atoms with Crippen LogP contribution in [0.5, 0.6) is 5.75 Å². The van der Waals surface area contributed by atoms with Gasteiger partial charge in [-0.25, -0.2) is 0 Å². The smallest absolute Gasteiger partial charge is 0.355 e. The van der Waals surface area contributed by atoms with Gasteiger partial charge in [0, 0.05) is 11.2 Å². The number of benzene rings is 1. The van der Waals surface area contributed by atoms with Crippen LogP contribution in [0.15, 0.2) is 29.2 Å². The van der Waals surface area contributed by atoms with Crippen LogP contribution in [0.2, 0.25) is 0 Å². The molecular weight excluding hydrogens is 255 g/mol. The Morgan fingerprint density at radius 1 is 1.15 bits per heavy atom. The highest BCUT2D eigenvalue weighted by Crippen LogP contribution is 2.37. The van der Waals surface area contributed by atoms with Crippen LogP contribution in [0.3, 0.4) is 0 Å². The van der Waals surface area contributed by atoms with Gasteiger partial charge >= 0.3 is 3.12 Å². The molecule has 0 bridgehead atoms. The highest BCUT2D eigenvalue weighted by atomic mass is 35.6. The van der Waals surface area contributed by atoms with Gasteiger partial charge in [0.15, 0.2) is 4.90 Å². The summed E-state index contributed by atoms with van der Waals surface area (Å²) in [5, 5.41) is 8.94. The molecule has 1 N–H and O–H groups in total. The van der Waals surface area contributed by atoms with Crippen LogP contribution >= 0.6 is 34.8 Å². The summed E-state index contributed by atoms with van der Waals surface area (Å²) in [6, 6.07) is 5.63. The van der Waals surface area contributed by atoms with E-state index in [0.717, 1.165) is 0 Å². The third kappa shape index (κ3) is 3.11. The summed E-state index contributed by atoms with van der Waals surface area (Å²) >= 11 is 14.6. The highest BCUT2D eigenvalue weighted by Gasteiger charge is 2.37. The van der Waals surface area contributed by atoms with Gasteiger partial charge in [-0.15, -0.1) is 0 Å². The predicted octanol–water partition coefficient (Wildman–Crippen LogP) is 2.83. The Balaban J connectivity index is 2.90. The summed E-state index contributed by atoms with van der Waals surface area (Å²) in [5.41, 5.74) is 0. The van der Waals surface area contributed by atoms with E-state index in [-0.39, 0.29) is 5.75 Å². The van der Waals surface area contributed by atoms with Crippen molar-refractivity contribution in [3.63, 3.8) is 0 Å². The molecule has 0 aliphatic heterocycles. The molecule has 0 aliphatic carbocycles. The van der Waals surface area contributed by atoms with Crippen LogP contribution in [0, 0.1) is 0 Å². The van der Waals surface area contributed by atoms with Gasteiger partial charge in [0.05, 0.1) is 0 Å². The molecule has 1 unspecified atom stereocenters. The fourth-order valence-electron chi connectivity index (χ4n) is 0.703. The van der Waals surface area contributed by atoms with Crippen molar-refractivity contribution in [3.8, 4) is 5.75 Å². The molecule has 1 atom stereocenters. The quantitative estimate of drug-likeness (QED) is 0.622. The van der Waals surface area contributed by atoms with Crippen LogP contribution in [0.25, 0.3) is 0 Å². The minimum Gasteiger partial charge on any atom is -0.608 e. The molecule has 1 rings (SSSR count). The third-order valence-corrected chi connectivity index (χ3v) is 3.64. The highest BCUT2D eigenvalue weighted by molar-refractivity contribution is 7.97. The van der Waals surface area contributed by atoms with Crippen molar-refractivity contribution in [2.24, 2.45) is 0 Å². The molecule has 0 spiro atoms. The zero-order valence-corrected chi connectivity index (χ0v) is 9.29. The Kier molecular flexibility index (Phi) is 3.60. The topological polar surface area (TPSA) is 43.3 Å². The lowest BCUT2D eigenvalue weighted by atomic mass is 10.3. The van der Waals surface area contributed by atoms with Crippen LogP contribution < -0.4 is 0 Å². The molecule has 0 amide bonds. The number of alkyl halides is 3. The Morgan fingerprint density at radius 3 is 2.00 bits per heavy atom. The molecule has 0 radical (unpaired) electrons. The summed E-state index contributed by atoms with van der Waals surface area (Å²) in [4.78, 5) is 0.359. The number of phenolic OH excluding ortho intramolecular Hbond substituents is 1. The minimum atomic E-state index is -1.84. The summed E-state index contributed by atoms with van der Waals surface area (Å²) in [6.07, 6.45) is 0. The second kappa shape index (κ2) is 4.15. The third-order valence-electron chi connectivity index (χ3n) is 1.26. The average Bonchev–Trinajstić information content (AvgIpc) is 2.03. The van der Waals surface area contributed by atoms with E-state index in [1.165, 1.54) is 24.3 Å². The Hall–Kier alpha value is 0.200. The first-order chi connectivity index (χ1) is 5.91. The number of halogens is 3. The van der Waals surface area contributed by atoms with Gasteiger partial charge in [-0.1, -0.05) is 0 Å². The molecule has 2 nitrogen and oxygen atoms in total. The van der Waals surface area contributed by atoms with E-state index in [4.69, 9.17) is 39.9 Å². The van der Waals surface area contributed by atoms with Gasteiger partial charge in [-0.2, -0.15) is 0 Å². The number of aromatic hydroxyl groups is 1. The molecule has 6 heteroatoms. The number of hydrogen-bond donors (Lipinski definition) is 1. The molecule has 0 fully saturated rings. The van der Waals surface area contributed by atoms with Gasteiger partial charge in [-0.3, -0.25) is 0 Å². The SMILES string of the molecule is [O-][S+](c1ccc(O)cc1)C(Cl)(Cl)Cl. The maximum atomic E-state index is 11.4. The summed E-state index contributed by atoms with van der Waals surface area (Å²) in [6.45, 7) is 0. The van der Waals surface area contributed by atoms with Crippen LogP contribution in [0.1, 0.15) is 0 Å².